The Hall–Kier alpha value is -2.22. The van der Waals surface area contributed by atoms with E-state index in [2.05, 4.69) is 5.32 Å². The second-order valence-corrected chi connectivity index (χ2v) is 4.16. The summed E-state index contributed by atoms with van der Waals surface area (Å²) in [6.07, 6.45) is 0.446. The van der Waals surface area contributed by atoms with E-state index >= 15 is 0 Å². The van der Waals surface area contributed by atoms with Crippen LogP contribution in [0.25, 0.3) is 0 Å². The molecule has 0 spiro atoms. The van der Waals surface area contributed by atoms with Crippen molar-refractivity contribution in [2.75, 3.05) is 30.7 Å². The highest BCUT2D eigenvalue weighted by molar-refractivity contribution is 5.76. The topological polar surface area (TPSA) is 82.2 Å². The number of carbonyl (C=O) groups excluding carboxylic acids is 1. The van der Waals surface area contributed by atoms with Crippen molar-refractivity contribution in [3.8, 4) is 6.07 Å². The van der Waals surface area contributed by atoms with Crippen LogP contribution in [0.1, 0.15) is 25.8 Å². The third-order valence-corrected chi connectivity index (χ3v) is 2.96. The molecule has 0 bridgehead atoms. The fourth-order valence-electron chi connectivity index (χ4n) is 1.82. The zero-order valence-corrected chi connectivity index (χ0v) is 11.4. The van der Waals surface area contributed by atoms with Gasteiger partial charge in [-0.1, -0.05) is 0 Å². The molecule has 0 aromatic heterocycles. The molecule has 0 atom stereocenters. The van der Waals surface area contributed by atoms with Crippen LogP contribution in [0.3, 0.4) is 0 Å². The van der Waals surface area contributed by atoms with Gasteiger partial charge in [0.2, 0.25) is 5.91 Å². The first-order chi connectivity index (χ1) is 9.12. The summed E-state index contributed by atoms with van der Waals surface area (Å²) in [5.74, 6) is 0.138. The van der Waals surface area contributed by atoms with Crippen molar-refractivity contribution in [2.45, 2.75) is 20.3 Å². The highest BCUT2D eigenvalue weighted by Crippen LogP contribution is 2.16. The van der Waals surface area contributed by atoms with Crippen LogP contribution >= 0.6 is 0 Å². The van der Waals surface area contributed by atoms with Gasteiger partial charge in [-0.25, -0.2) is 0 Å². The minimum atomic E-state index is 0.138. The Bertz CT molecular complexity index is 475. The Kier molecular flexibility index (Phi) is 5.68. The van der Waals surface area contributed by atoms with Gasteiger partial charge in [0.05, 0.1) is 11.3 Å². The Balaban J connectivity index is 2.48. The van der Waals surface area contributed by atoms with Crippen LogP contribution in [0.15, 0.2) is 18.2 Å². The minimum Gasteiger partial charge on any atom is -0.398 e. The highest BCUT2D eigenvalue weighted by Gasteiger charge is 2.08. The number of nitrogens with one attached hydrogen (secondary N) is 1. The molecule has 0 unspecified atom stereocenters. The van der Waals surface area contributed by atoms with Gasteiger partial charge in [-0.15, -0.1) is 0 Å². The summed E-state index contributed by atoms with van der Waals surface area (Å²) in [7, 11) is 0. The van der Waals surface area contributed by atoms with Crippen LogP contribution in [-0.2, 0) is 4.79 Å². The summed E-state index contributed by atoms with van der Waals surface area (Å²) >= 11 is 0. The van der Waals surface area contributed by atoms with Crippen molar-refractivity contribution in [3.05, 3.63) is 23.8 Å². The lowest BCUT2D eigenvalue weighted by atomic mass is 10.2. The average molecular weight is 260 g/mol. The number of nitrogens with zero attached hydrogens (tertiary/aromatic N) is 2. The number of nitriles is 1. The summed E-state index contributed by atoms with van der Waals surface area (Å²) < 4.78 is 0. The van der Waals surface area contributed by atoms with Crippen molar-refractivity contribution >= 4 is 17.3 Å². The van der Waals surface area contributed by atoms with Crippen LogP contribution in [0.4, 0.5) is 11.4 Å². The van der Waals surface area contributed by atoms with Crippen molar-refractivity contribution in [2.24, 2.45) is 0 Å². The van der Waals surface area contributed by atoms with Crippen molar-refractivity contribution in [3.63, 3.8) is 0 Å². The van der Waals surface area contributed by atoms with Gasteiger partial charge in [-0.2, -0.15) is 5.26 Å². The van der Waals surface area contributed by atoms with Gasteiger partial charge < -0.3 is 16.0 Å². The molecule has 0 aliphatic heterocycles. The normalized spacial score (nSPS) is 9.74. The molecular formula is C14H20N4O. The van der Waals surface area contributed by atoms with Crippen LogP contribution in [0, 0.1) is 11.3 Å². The third kappa shape index (κ3) is 4.18. The number of carbonyl (C=O) groups is 1. The molecule has 1 rings (SSSR count). The van der Waals surface area contributed by atoms with E-state index in [-0.39, 0.29) is 5.91 Å². The second kappa shape index (κ2) is 7.27. The summed E-state index contributed by atoms with van der Waals surface area (Å²) in [4.78, 5) is 13.6. The SMILES string of the molecule is CCN(CC)C(=O)CCNc1ccc(C#N)c(N)c1. The molecule has 1 aromatic carbocycles. The monoisotopic (exact) mass is 260 g/mol. The standard InChI is InChI=1S/C14H20N4O/c1-3-18(4-2)14(19)7-8-17-12-6-5-11(10-15)13(16)9-12/h5-6,9,17H,3-4,7-8,16H2,1-2H3. The lowest BCUT2D eigenvalue weighted by molar-refractivity contribution is -0.130. The van der Waals surface area contributed by atoms with Gasteiger partial charge in [0.15, 0.2) is 0 Å². The van der Waals surface area contributed by atoms with Gasteiger partial charge in [0.25, 0.3) is 0 Å². The molecule has 0 saturated heterocycles. The zero-order chi connectivity index (χ0) is 14.3. The average Bonchev–Trinajstić information content (AvgIpc) is 2.40. The first kappa shape index (κ1) is 14.8. The summed E-state index contributed by atoms with van der Waals surface area (Å²) in [6, 6.07) is 7.18. The predicted octanol–water partition coefficient (Wildman–Crippen LogP) is 1.81. The lowest BCUT2D eigenvalue weighted by Crippen LogP contribution is -2.31. The van der Waals surface area contributed by atoms with Gasteiger partial charge in [-0.3, -0.25) is 4.79 Å². The molecule has 0 aliphatic carbocycles. The van der Waals surface area contributed by atoms with E-state index in [1.54, 1.807) is 23.1 Å². The number of amides is 1. The molecule has 3 N–H and O–H groups in total. The molecule has 0 heterocycles. The lowest BCUT2D eigenvalue weighted by Gasteiger charge is -2.18. The number of nitrogens with two attached hydrogens (primary N) is 1. The predicted molar refractivity (Wildman–Crippen MR) is 76.6 cm³/mol. The molecule has 0 radical (unpaired) electrons. The number of anilines is 2. The summed E-state index contributed by atoms with van der Waals surface area (Å²) in [5.41, 5.74) is 7.45. The number of benzene rings is 1. The van der Waals surface area contributed by atoms with E-state index < -0.39 is 0 Å². The van der Waals surface area contributed by atoms with E-state index in [4.69, 9.17) is 11.0 Å². The Morgan fingerprint density at radius 2 is 2.11 bits per heavy atom. The molecule has 0 saturated carbocycles. The number of nitrogen functional groups attached to an aromatic ring is 1. The number of rotatable bonds is 6. The second-order valence-electron chi connectivity index (χ2n) is 4.16. The maximum Gasteiger partial charge on any atom is 0.224 e. The molecule has 0 aliphatic rings. The van der Waals surface area contributed by atoms with Gasteiger partial charge >= 0.3 is 0 Å². The Labute approximate surface area is 114 Å². The molecule has 0 fully saturated rings. The van der Waals surface area contributed by atoms with Crippen LogP contribution in [0.2, 0.25) is 0 Å². The first-order valence-corrected chi connectivity index (χ1v) is 6.43. The van der Waals surface area contributed by atoms with Gasteiger partial charge in [0, 0.05) is 31.7 Å². The van der Waals surface area contributed by atoms with Crippen LogP contribution < -0.4 is 11.1 Å². The minimum absolute atomic E-state index is 0.138. The summed E-state index contributed by atoms with van der Waals surface area (Å²) in [5, 5.41) is 11.9. The Morgan fingerprint density at radius 3 is 2.63 bits per heavy atom. The molecule has 102 valence electrons. The van der Waals surface area contributed by atoms with E-state index in [0.29, 0.717) is 24.2 Å². The number of hydrogen-bond acceptors (Lipinski definition) is 4. The zero-order valence-electron chi connectivity index (χ0n) is 11.4. The highest BCUT2D eigenvalue weighted by atomic mass is 16.2. The van der Waals surface area contributed by atoms with E-state index in [9.17, 15) is 4.79 Å². The molecule has 19 heavy (non-hydrogen) atoms. The molecule has 5 nitrogen and oxygen atoms in total. The first-order valence-electron chi connectivity index (χ1n) is 6.43. The Morgan fingerprint density at radius 1 is 1.42 bits per heavy atom. The molecule has 1 aromatic rings. The maximum absolute atomic E-state index is 11.8. The van der Waals surface area contributed by atoms with Crippen molar-refractivity contribution in [1.82, 2.24) is 4.90 Å². The summed E-state index contributed by atoms with van der Waals surface area (Å²) in [6.45, 7) is 5.96. The maximum atomic E-state index is 11.8. The molecular weight excluding hydrogens is 240 g/mol. The molecule has 5 heteroatoms. The third-order valence-electron chi connectivity index (χ3n) is 2.96. The van der Waals surface area contributed by atoms with Gasteiger partial charge in [-0.05, 0) is 32.0 Å². The van der Waals surface area contributed by atoms with Crippen LogP contribution in [0.5, 0.6) is 0 Å². The number of hydrogen-bond donors (Lipinski definition) is 2. The van der Waals surface area contributed by atoms with Crippen molar-refractivity contribution in [1.29, 1.82) is 5.26 Å². The largest absolute Gasteiger partial charge is 0.398 e. The molecule has 1 amide bonds. The fraction of sp³-hybridized carbons (Fsp3) is 0.429. The van der Waals surface area contributed by atoms with E-state index in [1.807, 2.05) is 19.9 Å². The quantitative estimate of drug-likeness (QED) is 0.764. The van der Waals surface area contributed by atoms with E-state index in [0.717, 1.165) is 18.8 Å². The fourth-order valence-corrected chi connectivity index (χ4v) is 1.82. The smallest absolute Gasteiger partial charge is 0.224 e. The van der Waals surface area contributed by atoms with Crippen LogP contribution in [-0.4, -0.2) is 30.4 Å². The van der Waals surface area contributed by atoms with E-state index in [1.165, 1.54) is 0 Å². The van der Waals surface area contributed by atoms with Gasteiger partial charge in [0.1, 0.15) is 6.07 Å². The van der Waals surface area contributed by atoms with Crippen molar-refractivity contribution < 1.29 is 4.79 Å².